The van der Waals surface area contributed by atoms with Crippen LogP contribution in [0.5, 0.6) is 0 Å². The number of aliphatic hydroxyl groups is 1. The Bertz CT molecular complexity index is 385. The van der Waals surface area contributed by atoms with Gasteiger partial charge in [-0.1, -0.05) is 11.6 Å². The van der Waals surface area contributed by atoms with Gasteiger partial charge in [0.25, 0.3) is 0 Å². The highest BCUT2D eigenvalue weighted by atomic mass is 35.5. The molecule has 1 N–H and O–H groups in total. The molecule has 0 aliphatic rings. The van der Waals surface area contributed by atoms with Crippen LogP contribution < -0.4 is 4.90 Å². The van der Waals surface area contributed by atoms with Gasteiger partial charge in [-0.05, 0) is 32.0 Å². The number of hydrogen-bond acceptors (Lipinski definition) is 3. The molecule has 0 saturated carbocycles. The minimum atomic E-state index is -0.822. The Morgan fingerprint density at radius 3 is 2.62 bits per heavy atom. The van der Waals surface area contributed by atoms with Gasteiger partial charge in [0, 0.05) is 29.9 Å². The molecule has 1 rings (SSSR count). The number of rotatable bonds is 4. The van der Waals surface area contributed by atoms with Gasteiger partial charge < -0.3 is 10.0 Å². The third-order valence-electron chi connectivity index (χ3n) is 2.15. The lowest BCUT2D eigenvalue weighted by Crippen LogP contribution is -2.36. The van der Waals surface area contributed by atoms with Crippen LogP contribution in [0.1, 0.15) is 24.2 Å². The lowest BCUT2D eigenvalue weighted by Gasteiger charge is -2.28. The molecule has 1 aromatic carbocycles. The molecule has 0 atom stereocenters. The van der Waals surface area contributed by atoms with Crippen molar-refractivity contribution in [3.8, 4) is 0 Å². The van der Waals surface area contributed by atoms with Crippen LogP contribution in [-0.4, -0.2) is 30.6 Å². The molecule has 3 nitrogen and oxygen atoms in total. The first-order valence-electron chi connectivity index (χ1n) is 5.02. The van der Waals surface area contributed by atoms with Crippen molar-refractivity contribution in [2.75, 3.05) is 18.5 Å². The minimum Gasteiger partial charge on any atom is -0.389 e. The molecule has 0 unspecified atom stereocenters. The number of likely N-dealkylation sites (N-methyl/N-ethyl adjacent to an activating group) is 1. The van der Waals surface area contributed by atoms with Crippen LogP contribution >= 0.6 is 11.6 Å². The number of carbonyl (C=O) groups is 1. The van der Waals surface area contributed by atoms with Crippen molar-refractivity contribution >= 4 is 23.6 Å². The van der Waals surface area contributed by atoms with Gasteiger partial charge in [0.2, 0.25) is 0 Å². The number of carbonyl (C=O) groups excluding carboxylic acids is 1. The Morgan fingerprint density at radius 2 is 2.12 bits per heavy atom. The van der Waals surface area contributed by atoms with Crippen molar-refractivity contribution in [1.29, 1.82) is 0 Å². The molecule has 0 saturated heterocycles. The fourth-order valence-electron chi connectivity index (χ4n) is 1.61. The van der Waals surface area contributed by atoms with Crippen LogP contribution in [-0.2, 0) is 0 Å². The summed E-state index contributed by atoms with van der Waals surface area (Å²) < 4.78 is 0. The van der Waals surface area contributed by atoms with Crippen molar-refractivity contribution in [2.24, 2.45) is 0 Å². The lowest BCUT2D eigenvalue weighted by molar-refractivity contribution is 0.0884. The zero-order valence-corrected chi connectivity index (χ0v) is 10.5. The molecule has 0 aliphatic carbocycles. The molecule has 0 heterocycles. The maximum absolute atomic E-state index is 10.9. The Kier molecular flexibility index (Phi) is 3.94. The Hall–Kier alpha value is -1.06. The monoisotopic (exact) mass is 241 g/mol. The van der Waals surface area contributed by atoms with Gasteiger partial charge in [-0.25, -0.2) is 0 Å². The van der Waals surface area contributed by atoms with E-state index in [-0.39, 0.29) is 0 Å². The van der Waals surface area contributed by atoms with E-state index in [1.807, 2.05) is 11.9 Å². The number of anilines is 1. The standard InChI is InChI=1S/C12H16ClNO2/c1-12(2,16)8-14(3)11-6-10(13)5-4-9(11)7-15/h4-7,16H,8H2,1-3H3. The summed E-state index contributed by atoms with van der Waals surface area (Å²) >= 11 is 5.88. The van der Waals surface area contributed by atoms with E-state index >= 15 is 0 Å². The van der Waals surface area contributed by atoms with Crippen LogP contribution in [0.2, 0.25) is 5.02 Å². The minimum absolute atomic E-state index is 0.425. The Labute approximate surface area is 101 Å². The Morgan fingerprint density at radius 1 is 1.50 bits per heavy atom. The molecule has 0 radical (unpaired) electrons. The summed E-state index contributed by atoms with van der Waals surface area (Å²) in [5.74, 6) is 0. The summed E-state index contributed by atoms with van der Waals surface area (Å²) in [5, 5.41) is 10.3. The SMILES string of the molecule is CN(CC(C)(C)O)c1cc(Cl)ccc1C=O. The first-order valence-corrected chi connectivity index (χ1v) is 5.39. The van der Waals surface area contributed by atoms with E-state index in [1.54, 1.807) is 32.0 Å². The summed E-state index contributed by atoms with van der Waals surface area (Å²) in [5.41, 5.74) is 0.470. The normalized spacial score (nSPS) is 11.3. The molecule has 0 spiro atoms. The van der Waals surface area contributed by atoms with E-state index in [9.17, 15) is 9.90 Å². The third kappa shape index (κ3) is 3.51. The van der Waals surface area contributed by atoms with Gasteiger partial charge in [-0.15, -0.1) is 0 Å². The van der Waals surface area contributed by atoms with Gasteiger partial charge in [0.15, 0.2) is 6.29 Å². The molecule has 0 fully saturated rings. The van der Waals surface area contributed by atoms with Crippen molar-refractivity contribution in [3.63, 3.8) is 0 Å². The topological polar surface area (TPSA) is 40.5 Å². The molecule has 0 bridgehead atoms. The smallest absolute Gasteiger partial charge is 0.152 e. The number of hydrogen-bond donors (Lipinski definition) is 1. The quantitative estimate of drug-likeness (QED) is 0.823. The molecule has 4 heteroatoms. The van der Waals surface area contributed by atoms with E-state index in [0.29, 0.717) is 17.1 Å². The highest BCUT2D eigenvalue weighted by Crippen LogP contribution is 2.24. The average molecular weight is 242 g/mol. The zero-order chi connectivity index (χ0) is 12.3. The van der Waals surface area contributed by atoms with Crippen LogP contribution in [0.25, 0.3) is 0 Å². The second-order valence-corrected chi connectivity index (χ2v) is 4.93. The van der Waals surface area contributed by atoms with Crippen molar-refractivity contribution in [3.05, 3.63) is 28.8 Å². The summed E-state index contributed by atoms with van der Waals surface area (Å²) in [6.45, 7) is 3.86. The maximum atomic E-state index is 10.9. The fraction of sp³-hybridized carbons (Fsp3) is 0.417. The van der Waals surface area contributed by atoms with Crippen molar-refractivity contribution < 1.29 is 9.90 Å². The van der Waals surface area contributed by atoms with E-state index in [2.05, 4.69) is 0 Å². The second-order valence-electron chi connectivity index (χ2n) is 4.49. The van der Waals surface area contributed by atoms with Crippen molar-refractivity contribution in [1.82, 2.24) is 0 Å². The van der Waals surface area contributed by atoms with Crippen LogP contribution in [0.4, 0.5) is 5.69 Å². The fourth-order valence-corrected chi connectivity index (χ4v) is 1.78. The first-order chi connectivity index (χ1) is 7.33. The lowest BCUT2D eigenvalue weighted by atomic mass is 10.1. The van der Waals surface area contributed by atoms with Gasteiger partial charge in [-0.2, -0.15) is 0 Å². The number of nitrogens with zero attached hydrogens (tertiary/aromatic N) is 1. The first kappa shape index (κ1) is 13.0. The predicted molar refractivity (Wildman–Crippen MR) is 66.4 cm³/mol. The van der Waals surface area contributed by atoms with E-state index in [4.69, 9.17) is 11.6 Å². The molecule has 1 aromatic rings. The highest BCUT2D eigenvalue weighted by Gasteiger charge is 2.17. The zero-order valence-electron chi connectivity index (χ0n) is 9.70. The number of halogens is 1. The molecule has 0 aromatic heterocycles. The largest absolute Gasteiger partial charge is 0.389 e. The highest BCUT2D eigenvalue weighted by molar-refractivity contribution is 6.31. The molecule has 0 amide bonds. The predicted octanol–water partition coefficient (Wildman–Crippen LogP) is 2.36. The van der Waals surface area contributed by atoms with Gasteiger partial charge in [0.05, 0.1) is 5.60 Å². The van der Waals surface area contributed by atoms with E-state index in [0.717, 1.165) is 12.0 Å². The molecule has 88 valence electrons. The molecule has 0 aliphatic heterocycles. The summed E-state index contributed by atoms with van der Waals surface area (Å²) in [7, 11) is 1.82. The summed E-state index contributed by atoms with van der Waals surface area (Å²) in [4.78, 5) is 12.7. The summed E-state index contributed by atoms with van der Waals surface area (Å²) in [6.07, 6.45) is 0.784. The van der Waals surface area contributed by atoms with Crippen LogP contribution in [0, 0.1) is 0 Å². The van der Waals surface area contributed by atoms with Crippen LogP contribution in [0.3, 0.4) is 0 Å². The maximum Gasteiger partial charge on any atom is 0.152 e. The van der Waals surface area contributed by atoms with E-state index in [1.165, 1.54) is 0 Å². The van der Waals surface area contributed by atoms with Gasteiger partial charge in [-0.3, -0.25) is 4.79 Å². The Balaban J connectivity index is 3.02. The second kappa shape index (κ2) is 4.85. The van der Waals surface area contributed by atoms with Crippen LogP contribution in [0.15, 0.2) is 18.2 Å². The molecular weight excluding hydrogens is 226 g/mol. The van der Waals surface area contributed by atoms with Gasteiger partial charge >= 0.3 is 0 Å². The van der Waals surface area contributed by atoms with Crippen molar-refractivity contribution in [2.45, 2.75) is 19.4 Å². The number of benzene rings is 1. The third-order valence-corrected chi connectivity index (χ3v) is 2.39. The van der Waals surface area contributed by atoms with Gasteiger partial charge in [0.1, 0.15) is 0 Å². The molecular formula is C12H16ClNO2. The average Bonchev–Trinajstić information content (AvgIpc) is 2.15. The molecule has 16 heavy (non-hydrogen) atoms. The van der Waals surface area contributed by atoms with E-state index < -0.39 is 5.60 Å². The number of aldehydes is 1. The summed E-state index contributed by atoms with van der Waals surface area (Å²) in [6, 6.07) is 5.06.